The second-order valence-electron chi connectivity index (χ2n) is 7.25. The van der Waals surface area contributed by atoms with Gasteiger partial charge in [-0.15, -0.1) is 0 Å². The van der Waals surface area contributed by atoms with E-state index in [0.717, 1.165) is 55.6 Å². The van der Waals surface area contributed by atoms with Crippen LogP contribution >= 0.6 is 0 Å². The van der Waals surface area contributed by atoms with Crippen molar-refractivity contribution in [2.24, 2.45) is 0 Å². The van der Waals surface area contributed by atoms with Gasteiger partial charge in [0, 0.05) is 18.5 Å². The third-order valence-corrected chi connectivity index (χ3v) is 5.40. The Balaban J connectivity index is 1.71. The molecule has 0 saturated carbocycles. The summed E-state index contributed by atoms with van der Waals surface area (Å²) in [4.78, 5) is 39.0. The molecule has 3 rings (SSSR count). The molecule has 0 unspecified atom stereocenters. The van der Waals surface area contributed by atoms with E-state index in [-0.39, 0.29) is 12.6 Å². The topological polar surface area (TPSA) is 92.1 Å². The number of hydrogen-bond acceptors (Lipinski definition) is 6. The number of likely N-dealkylation sites (N-methyl/N-ethyl adjacent to an activating group) is 1. The molecule has 2 N–H and O–H groups in total. The van der Waals surface area contributed by atoms with Gasteiger partial charge in [0.15, 0.2) is 0 Å². The SMILES string of the molecule is CCOC(=O)CNC(=O)N1CCc2nc(C)nc(N3CC[NH+](CC)CC3)c2C1. The van der Waals surface area contributed by atoms with E-state index in [9.17, 15) is 9.59 Å². The molecular formula is C19H31N6O3+. The lowest BCUT2D eigenvalue weighted by atomic mass is 10.1. The Hall–Kier alpha value is -2.42. The zero-order valence-electron chi connectivity index (χ0n) is 17.1. The lowest BCUT2D eigenvalue weighted by molar-refractivity contribution is -0.898. The average Bonchev–Trinajstić information content (AvgIpc) is 2.71. The molecule has 1 aromatic rings. The summed E-state index contributed by atoms with van der Waals surface area (Å²) in [6, 6.07) is -0.259. The zero-order valence-corrected chi connectivity index (χ0v) is 17.1. The summed E-state index contributed by atoms with van der Waals surface area (Å²) in [7, 11) is 0. The molecule has 1 fully saturated rings. The second kappa shape index (κ2) is 9.18. The van der Waals surface area contributed by atoms with E-state index in [0.29, 0.717) is 26.1 Å². The minimum atomic E-state index is -0.427. The van der Waals surface area contributed by atoms with Crippen LogP contribution in [-0.4, -0.2) is 79.3 Å². The van der Waals surface area contributed by atoms with Crippen LogP contribution < -0.4 is 15.1 Å². The van der Waals surface area contributed by atoms with E-state index in [1.165, 1.54) is 0 Å². The summed E-state index contributed by atoms with van der Waals surface area (Å²) in [5, 5.41) is 2.65. The highest BCUT2D eigenvalue weighted by Gasteiger charge is 2.29. The third-order valence-electron chi connectivity index (χ3n) is 5.40. The highest BCUT2D eigenvalue weighted by atomic mass is 16.5. The molecule has 9 heteroatoms. The van der Waals surface area contributed by atoms with Crippen molar-refractivity contribution in [3.63, 3.8) is 0 Å². The summed E-state index contributed by atoms with van der Waals surface area (Å²) >= 11 is 0. The third kappa shape index (κ3) is 4.70. The first-order valence-electron chi connectivity index (χ1n) is 10.1. The number of urea groups is 1. The molecule has 2 amide bonds. The number of anilines is 1. The van der Waals surface area contributed by atoms with Crippen LogP contribution in [0.5, 0.6) is 0 Å². The number of carbonyl (C=O) groups excluding carboxylic acids is 2. The number of amides is 2. The van der Waals surface area contributed by atoms with Crippen LogP contribution in [0.3, 0.4) is 0 Å². The Morgan fingerprint density at radius 2 is 1.93 bits per heavy atom. The number of fused-ring (bicyclic) bond motifs is 1. The molecule has 9 nitrogen and oxygen atoms in total. The smallest absolute Gasteiger partial charge is 0.325 e. The van der Waals surface area contributed by atoms with Crippen LogP contribution in [-0.2, 0) is 22.5 Å². The van der Waals surface area contributed by atoms with Gasteiger partial charge in [-0.05, 0) is 20.8 Å². The van der Waals surface area contributed by atoms with Crippen molar-refractivity contribution in [1.82, 2.24) is 20.2 Å². The molecule has 0 spiro atoms. The van der Waals surface area contributed by atoms with Crippen LogP contribution in [0.15, 0.2) is 0 Å². The van der Waals surface area contributed by atoms with Crippen molar-refractivity contribution in [3.05, 3.63) is 17.1 Å². The molecule has 0 aromatic carbocycles. The maximum absolute atomic E-state index is 12.5. The van der Waals surface area contributed by atoms with E-state index in [2.05, 4.69) is 22.1 Å². The maximum Gasteiger partial charge on any atom is 0.325 e. The summed E-state index contributed by atoms with van der Waals surface area (Å²) in [5.41, 5.74) is 2.06. The Bertz CT molecular complexity index is 718. The van der Waals surface area contributed by atoms with Crippen molar-refractivity contribution in [2.45, 2.75) is 33.7 Å². The van der Waals surface area contributed by atoms with Crippen LogP contribution in [0, 0.1) is 6.92 Å². The van der Waals surface area contributed by atoms with E-state index in [1.807, 2.05) is 6.92 Å². The van der Waals surface area contributed by atoms with Gasteiger partial charge in [0.25, 0.3) is 0 Å². The predicted molar refractivity (Wildman–Crippen MR) is 104 cm³/mol. The number of nitrogens with one attached hydrogen (secondary N) is 2. The van der Waals surface area contributed by atoms with Crippen molar-refractivity contribution >= 4 is 17.8 Å². The average molecular weight is 391 g/mol. The summed E-state index contributed by atoms with van der Waals surface area (Å²) < 4.78 is 4.86. The van der Waals surface area contributed by atoms with Gasteiger partial charge in [-0.2, -0.15) is 0 Å². The summed E-state index contributed by atoms with van der Waals surface area (Å²) in [6.45, 7) is 12.4. The first-order chi connectivity index (χ1) is 13.5. The van der Waals surface area contributed by atoms with Gasteiger partial charge in [-0.25, -0.2) is 14.8 Å². The monoisotopic (exact) mass is 391 g/mol. The quantitative estimate of drug-likeness (QED) is 0.635. The molecule has 154 valence electrons. The lowest BCUT2D eigenvalue weighted by Crippen LogP contribution is -3.14. The van der Waals surface area contributed by atoms with Gasteiger partial charge in [0.1, 0.15) is 18.2 Å². The minimum absolute atomic E-state index is 0.116. The van der Waals surface area contributed by atoms with Crippen LogP contribution in [0.2, 0.25) is 0 Å². The number of rotatable bonds is 5. The van der Waals surface area contributed by atoms with Crippen LogP contribution in [0.1, 0.15) is 30.9 Å². The summed E-state index contributed by atoms with van der Waals surface area (Å²) in [5.74, 6) is 1.31. The summed E-state index contributed by atoms with van der Waals surface area (Å²) in [6.07, 6.45) is 0.693. The van der Waals surface area contributed by atoms with Gasteiger partial charge in [-0.1, -0.05) is 0 Å². The number of hydrogen-bond donors (Lipinski definition) is 2. The maximum atomic E-state index is 12.5. The highest BCUT2D eigenvalue weighted by molar-refractivity contribution is 5.81. The number of esters is 1. The van der Waals surface area contributed by atoms with Crippen LogP contribution in [0.4, 0.5) is 10.6 Å². The fraction of sp³-hybridized carbons (Fsp3) is 0.684. The van der Waals surface area contributed by atoms with Gasteiger partial charge in [0.2, 0.25) is 0 Å². The van der Waals surface area contributed by atoms with Gasteiger partial charge in [-0.3, -0.25) is 4.79 Å². The van der Waals surface area contributed by atoms with E-state index < -0.39 is 5.97 Å². The molecule has 2 aliphatic rings. The van der Waals surface area contributed by atoms with Crippen molar-refractivity contribution in [3.8, 4) is 0 Å². The minimum Gasteiger partial charge on any atom is -0.465 e. The molecule has 28 heavy (non-hydrogen) atoms. The highest BCUT2D eigenvalue weighted by Crippen LogP contribution is 2.26. The second-order valence-corrected chi connectivity index (χ2v) is 7.25. The van der Waals surface area contributed by atoms with Gasteiger partial charge < -0.3 is 24.8 Å². The largest absolute Gasteiger partial charge is 0.465 e. The first kappa shape index (κ1) is 20.3. The standard InChI is InChI=1S/C19H30N6O3/c1-4-23-8-10-24(11-9-23)18-15-13-25(7-6-16(15)21-14(3)22-18)19(27)20-12-17(26)28-5-2/h4-13H2,1-3H3,(H,20,27)/p+1. The number of aryl methyl sites for hydroxylation is 1. The number of carbonyl (C=O) groups is 2. The van der Waals surface area contributed by atoms with Crippen molar-refractivity contribution in [1.29, 1.82) is 0 Å². The van der Waals surface area contributed by atoms with E-state index in [1.54, 1.807) is 16.7 Å². The zero-order chi connectivity index (χ0) is 20.1. The van der Waals surface area contributed by atoms with Crippen molar-refractivity contribution in [2.75, 3.05) is 57.3 Å². The Morgan fingerprint density at radius 1 is 1.18 bits per heavy atom. The molecule has 0 aliphatic carbocycles. The first-order valence-corrected chi connectivity index (χ1v) is 10.1. The molecule has 0 atom stereocenters. The number of piperazine rings is 1. The van der Waals surface area contributed by atoms with Crippen LogP contribution in [0.25, 0.3) is 0 Å². The predicted octanol–water partition coefficient (Wildman–Crippen LogP) is -0.859. The molecule has 2 aliphatic heterocycles. The number of aromatic nitrogens is 2. The molecule has 1 aromatic heterocycles. The van der Waals surface area contributed by atoms with Gasteiger partial charge >= 0.3 is 12.0 Å². The van der Waals surface area contributed by atoms with Gasteiger partial charge in [0.05, 0.1) is 51.6 Å². The van der Waals surface area contributed by atoms with Crippen molar-refractivity contribution < 1.29 is 19.2 Å². The molecule has 3 heterocycles. The lowest BCUT2D eigenvalue weighted by Gasteiger charge is -2.36. The fourth-order valence-electron chi connectivity index (χ4n) is 3.81. The Labute approximate surface area is 166 Å². The Morgan fingerprint density at radius 3 is 2.61 bits per heavy atom. The molecule has 1 saturated heterocycles. The Kier molecular flexibility index (Phi) is 6.66. The fourth-order valence-corrected chi connectivity index (χ4v) is 3.81. The molecule has 0 bridgehead atoms. The normalized spacial score (nSPS) is 17.2. The molecule has 0 radical (unpaired) electrons. The van der Waals surface area contributed by atoms with E-state index in [4.69, 9.17) is 9.72 Å². The number of ether oxygens (including phenoxy) is 1. The molecular weight excluding hydrogens is 360 g/mol. The van der Waals surface area contributed by atoms with E-state index >= 15 is 0 Å². The number of quaternary nitrogens is 1. The number of nitrogens with zero attached hydrogens (tertiary/aromatic N) is 4.